The molecule has 0 aliphatic carbocycles. The van der Waals surface area contributed by atoms with Gasteiger partial charge in [0.15, 0.2) is 5.78 Å². The summed E-state index contributed by atoms with van der Waals surface area (Å²) in [7, 11) is 0. The van der Waals surface area contributed by atoms with Gasteiger partial charge in [0.25, 0.3) is 5.92 Å². The summed E-state index contributed by atoms with van der Waals surface area (Å²) in [6.07, 6.45) is 5.04. The van der Waals surface area contributed by atoms with Crippen LogP contribution in [0.5, 0.6) is 0 Å². The maximum atomic E-state index is 12.4. The number of pyridine rings is 4. The van der Waals surface area contributed by atoms with Crippen LogP contribution >= 0.6 is 11.6 Å². The van der Waals surface area contributed by atoms with Gasteiger partial charge in [-0.25, -0.2) is 28.7 Å². The second kappa shape index (κ2) is 16.1. The number of carbonyl (C=O) groups is 1. The Morgan fingerprint density at radius 2 is 1.23 bits per heavy atom. The fraction of sp³-hybridized carbons (Fsp3) is 0.115. The highest BCUT2D eigenvalue weighted by Crippen LogP contribution is 2.26. The lowest BCUT2D eigenvalue weighted by molar-refractivity contribution is 0.0170. The standard InChI is InChI=1S/C7H6F3N.C7H6FNO.C6H3ClN2.C6H3FN2/c1-7(9,10)5-2-3-11-6(8)4-5;1-5(10)6-2-3-9-7(8)4-6;2*7-6-3-5(4-8)1-2-9-6/h2-4H,1H3;2-4H,1H3;2*1-3H. The van der Waals surface area contributed by atoms with Crippen molar-refractivity contribution in [3.05, 3.63) is 119 Å². The van der Waals surface area contributed by atoms with E-state index in [1.165, 1.54) is 43.7 Å². The van der Waals surface area contributed by atoms with Gasteiger partial charge < -0.3 is 0 Å². The van der Waals surface area contributed by atoms with Gasteiger partial charge in [0.2, 0.25) is 17.8 Å². The molecule has 0 bridgehead atoms. The number of rotatable bonds is 2. The Labute approximate surface area is 225 Å². The quantitative estimate of drug-likeness (QED) is 0.157. The summed E-state index contributed by atoms with van der Waals surface area (Å²) in [5, 5.41) is 16.9. The van der Waals surface area contributed by atoms with Gasteiger partial charge in [0.1, 0.15) is 5.15 Å². The number of aromatic nitrogens is 4. The van der Waals surface area contributed by atoms with Gasteiger partial charge in [-0.1, -0.05) is 11.6 Å². The molecule has 0 radical (unpaired) electrons. The van der Waals surface area contributed by atoms with E-state index in [4.69, 9.17) is 22.1 Å². The van der Waals surface area contributed by atoms with E-state index in [1.54, 1.807) is 12.1 Å². The summed E-state index contributed by atoms with van der Waals surface area (Å²) in [6.45, 7) is 2.09. The first-order valence-electron chi connectivity index (χ1n) is 10.5. The molecule has 0 saturated heterocycles. The molecule has 0 saturated carbocycles. The molecule has 0 unspecified atom stereocenters. The highest BCUT2D eigenvalue weighted by molar-refractivity contribution is 6.29. The van der Waals surface area contributed by atoms with Gasteiger partial charge in [-0.15, -0.1) is 0 Å². The van der Waals surface area contributed by atoms with Crippen LogP contribution in [0.4, 0.5) is 22.0 Å². The van der Waals surface area contributed by atoms with Crippen molar-refractivity contribution >= 4 is 17.4 Å². The second-order valence-corrected chi connectivity index (χ2v) is 7.52. The van der Waals surface area contributed by atoms with Crippen molar-refractivity contribution in [1.82, 2.24) is 19.9 Å². The molecule has 7 nitrogen and oxygen atoms in total. The van der Waals surface area contributed by atoms with Crippen molar-refractivity contribution in [2.45, 2.75) is 19.8 Å². The minimum atomic E-state index is -3.00. The van der Waals surface area contributed by atoms with Crippen molar-refractivity contribution in [2.75, 3.05) is 0 Å². The molecule has 0 aromatic carbocycles. The normalized spacial score (nSPS) is 9.59. The van der Waals surface area contributed by atoms with Crippen LogP contribution in [0.15, 0.2) is 73.3 Å². The molecule has 0 aliphatic heterocycles. The van der Waals surface area contributed by atoms with E-state index in [0.29, 0.717) is 28.8 Å². The summed E-state index contributed by atoms with van der Waals surface area (Å²) in [5.41, 5.74) is 0.829. The first-order chi connectivity index (χ1) is 18.3. The SMILES string of the molecule is CC(=O)c1ccnc(F)c1.CC(F)(F)c1ccnc(F)c1.N#Cc1ccnc(Cl)c1.N#Cc1ccnc(F)c1. The second-order valence-electron chi connectivity index (χ2n) is 7.14. The van der Waals surface area contributed by atoms with Crippen LogP contribution in [0.1, 0.15) is 40.9 Å². The van der Waals surface area contributed by atoms with E-state index in [9.17, 15) is 26.7 Å². The summed E-state index contributed by atoms with van der Waals surface area (Å²) in [6, 6.07) is 13.8. The number of carbonyl (C=O) groups excluding carboxylic acids is 1. The molecule has 0 amide bonds. The molecule has 4 rings (SSSR count). The predicted molar refractivity (Wildman–Crippen MR) is 131 cm³/mol. The summed E-state index contributed by atoms with van der Waals surface area (Å²) >= 11 is 5.46. The zero-order valence-electron chi connectivity index (χ0n) is 20.3. The largest absolute Gasteiger partial charge is 0.295 e. The maximum absolute atomic E-state index is 12.4. The summed E-state index contributed by atoms with van der Waals surface area (Å²) < 4.78 is 61.5. The van der Waals surface area contributed by atoms with E-state index in [1.807, 2.05) is 6.07 Å². The molecule has 0 N–H and O–H groups in total. The Bertz CT molecular complexity index is 1410. The van der Waals surface area contributed by atoms with Crippen LogP contribution in [0.2, 0.25) is 5.15 Å². The van der Waals surface area contributed by atoms with Crippen LogP contribution < -0.4 is 0 Å². The number of nitrogens with zero attached hydrogens (tertiary/aromatic N) is 6. The van der Waals surface area contributed by atoms with Crippen molar-refractivity contribution in [3.63, 3.8) is 0 Å². The number of ketones is 1. The molecule has 39 heavy (non-hydrogen) atoms. The number of hydrogen-bond acceptors (Lipinski definition) is 7. The van der Waals surface area contributed by atoms with Gasteiger partial charge in [0, 0.05) is 61.0 Å². The number of Topliss-reactive ketones (excluding diaryl/α,β-unsaturated/α-hetero) is 1. The maximum Gasteiger partial charge on any atom is 0.270 e. The van der Waals surface area contributed by atoms with Crippen molar-refractivity contribution in [1.29, 1.82) is 10.5 Å². The number of halogens is 6. The summed E-state index contributed by atoms with van der Waals surface area (Å²) in [5.74, 6) is -5.27. The van der Waals surface area contributed by atoms with Crippen LogP contribution in [0, 0.1) is 40.5 Å². The zero-order chi connectivity index (χ0) is 29.4. The topological polar surface area (TPSA) is 116 Å². The van der Waals surface area contributed by atoms with Crippen LogP contribution in [-0.4, -0.2) is 25.7 Å². The van der Waals surface area contributed by atoms with Crippen LogP contribution in [0.25, 0.3) is 0 Å². The molecule has 0 aliphatic rings. The molecule has 4 heterocycles. The summed E-state index contributed by atoms with van der Waals surface area (Å²) in [4.78, 5) is 24.0. The van der Waals surface area contributed by atoms with Crippen molar-refractivity contribution in [2.24, 2.45) is 0 Å². The average molecular weight is 561 g/mol. The molecule has 4 aromatic rings. The predicted octanol–water partition coefficient (Wildman–Crippen LogP) is 6.45. The van der Waals surface area contributed by atoms with Gasteiger partial charge in [0.05, 0.1) is 23.3 Å². The molecule has 0 fully saturated rings. The molecule has 200 valence electrons. The highest BCUT2D eigenvalue weighted by Gasteiger charge is 2.24. The van der Waals surface area contributed by atoms with Gasteiger partial charge >= 0.3 is 0 Å². The van der Waals surface area contributed by atoms with Gasteiger partial charge in [-0.3, -0.25) is 4.79 Å². The molecule has 0 atom stereocenters. The zero-order valence-corrected chi connectivity index (χ0v) is 21.0. The highest BCUT2D eigenvalue weighted by atomic mass is 35.5. The fourth-order valence-electron chi connectivity index (χ4n) is 2.24. The monoisotopic (exact) mass is 560 g/mol. The third-order valence-corrected chi connectivity index (χ3v) is 4.28. The number of alkyl halides is 2. The van der Waals surface area contributed by atoms with E-state index in [0.717, 1.165) is 30.5 Å². The molecule has 13 heteroatoms. The third-order valence-electron chi connectivity index (χ3n) is 4.08. The Morgan fingerprint density at radius 3 is 1.56 bits per heavy atom. The Balaban J connectivity index is 0.000000261. The molecular weight excluding hydrogens is 543 g/mol. The lowest BCUT2D eigenvalue weighted by atomic mass is 10.2. The third kappa shape index (κ3) is 13.3. The number of hydrogen-bond donors (Lipinski definition) is 0. The molecular formula is C26H18ClF5N6O. The van der Waals surface area contributed by atoms with E-state index >= 15 is 0 Å². The van der Waals surface area contributed by atoms with Gasteiger partial charge in [-0.2, -0.15) is 23.7 Å². The van der Waals surface area contributed by atoms with Crippen LogP contribution in [-0.2, 0) is 5.92 Å². The average Bonchev–Trinajstić information content (AvgIpc) is 2.89. The first-order valence-corrected chi connectivity index (χ1v) is 10.9. The minimum absolute atomic E-state index is 0.152. The minimum Gasteiger partial charge on any atom is -0.295 e. The molecule has 4 aromatic heterocycles. The van der Waals surface area contributed by atoms with E-state index in [2.05, 4.69) is 19.9 Å². The van der Waals surface area contributed by atoms with E-state index in [-0.39, 0.29) is 11.3 Å². The lowest BCUT2D eigenvalue weighted by Gasteiger charge is -2.08. The Hall–Kier alpha value is -4.81. The van der Waals surface area contributed by atoms with Crippen molar-refractivity contribution in [3.8, 4) is 12.1 Å². The lowest BCUT2D eigenvalue weighted by Crippen LogP contribution is -2.07. The van der Waals surface area contributed by atoms with Crippen LogP contribution in [0.3, 0.4) is 0 Å². The van der Waals surface area contributed by atoms with Crippen molar-refractivity contribution < 1.29 is 26.7 Å². The fourth-order valence-corrected chi connectivity index (χ4v) is 2.41. The smallest absolute Gasteiger partial charge is 0.270 e. The first kappa shape index (κ1) is 32.2. The number of nitriles is 2. The Morgan fingerprint density at radius 1 is 0.769 bits per heavy atom. The van der Waals surface area contributed by atoms with Gasteiger partial charge in [-0.05, 0) is 37.3 Å². The van der Waals surface area contributed by atoms with E-state index < -0.39 is 23.8 Å². The molecule has 0 spiro atoms. The Kier molecular flexibility index (Phi) is 13.3.